The lowest BCUT2D eigenvalue weighted by Crippen LogP contribution is -2.56. The molecule has 1 aliphatic carbocycles. The van der Waals surface area contributed by atoms with E-state index in [4.69, 9.17) is 25.7 Å². The summed E-state index contributed by atoms with van der Waals surface area (Å²) in [5, 5.41) is 22.5. The third-order valence-electron chi connectivity index (χ3n) is 12.3. The normalized spacial score (nSPS) is 17.5. The molecule has 4 atom stereocenters. The Morgan fingerprint density at radius 2 is 1.55 bits per heavy atom. The van der Waals surface area contributed by atoms with Gasteiger partial charge in [-0.3, -0.25) is 28.8 Å². The second-order valence-electron chi connectivity index (χ2n) is 17.5. The van der Waals surface area contributed by atoms with Crippen LogP contribution >= 0.6 is 0 Å². The zero-order valence-electron chi connectivity index (χ0n) is 40.5. The average Bonchev–Trinajstić information content (AvgIpc) is 3.36. The minimum atomic E-state index is -1.46. The van der Waals surface area contributed by atoms with Crippen molar-refractivity contribution in [2.75, 3.05) is 46.4 Å². The fraction of sp³-hybridized carbons (Fsp3) is 0.431. The number of nitrogens with two attached hydrogens (primary N) is 2. The van der Waals surface area contributed by atoms with Crippen LogP contribution in [-0.2, 0) is 30.4 Å². The molecule has 20 heteroatoms. The van der Waals surface area contributed by atoms with Gasteiger partial charge >= 0.3 is 0 Å². The Kier molecular flexibility index (Phi) is 18.8. The van der Waals surface area contributed by atoms with Crippen LogP contribution in [-0.4, -0.2) is 121 Å². The average molecular weight is 974 g/mol. The third-order valence-corrected chi connectivity index (χ3v) is 12.3. The van der Waals surface area contributed by atoms with Crippen molar-refractivity contribution in [2.45, 2.75) is 96.0 Å². The van der Waals surface area contributed by atoms with E-state index in [0.717, 1.165) is 41.9 Å². The second-order valence-corrected chi connectivity index (χ2v) is 17.5. The summed E-state index contributed by atoms with van der Waals surface area (Å²) < 4.78 is 18.4. The number of aromatic nitrogens is 2. The van der Waals surface area contributed by atoms with Crippen LogP contribution in [0.1, 0.15) is 84.4 Å². The Morgan fingerprint density at radius 3 is 2.18 bits per heavy atom. The fourth-order valence-corrected chi connectivity index (χ4v) is 8.71. The van der Waals surface area contributed by atoms with Crippen molar-refractivity contribution in [1.29, 1.82) is 5.26 Å². The van der Waals surface area contributed by atoms with Crippen LogP contribution in [0.25, 0.3) is 22.5 Å². The highest BCUT2D eigenvalue weighted by Crippen LogP contribution is 2.40. The first-order chi connectivity index (χ1) is 34.3. The van der Waals surface area contributed by atoms with E-state index in [1.54, 1.807) is 50.2 Å². The summed E-state index contributed by atoms with van der Waals surface area (Å²) in [4.78, 5) is 93.0. The Bertz CT molecular complexity index is 2570. The summed E-state index contributed by atoms with van der Waals surface area (Å²) >= 11 is 0. The molecule has 0 saturated heterocycles. The predicted octanol–water partition coefficient (Wildman–Crippen LogP) is 2.43. The lowest BCUT2D eigenvalue weighted by Gasteiger charge is -2.33. The first kappa shape index (κ1) is 52.7. The molecule has 2 aliphatic rings. The van der Waals surface area contributed by atoms with Crippen molar-refractivity contribution < 1.29 is 43.0 Å². The number of benzene rings is 3. The zero-order chi connectivity index (χ0) is 51.0. The highest BCUT2D eigenvalue weighted by molar-refractivity contribution is 6.00. The molecule has 1 fully saturated rings. The number of likely N-dealkylation sites (N-methyl/N-ethyl adjacent to an activating group) is 1. The first-order valence-corrected chi connectivity index (χ1v) is 23.8. The van der Waals surface area contributed by atoms with Gasteiger partial charge in [0.05, 0.1) is 29.1 Å². The Hall–Kier alpha value is -7.63. The topological polar surface area (TPSA) is 295 Å². The zero-order valence-corrected chi connectivity index (χ0v) is 40.5. The maximum atomic E-state index is 14.9. The molecule has 9 N–H and O–H groups in total. The number of hydrogen-bond acceptors (Lipinski definition) is 14. The standard InChI is InChI=1S/C51H63N11O9/c1-30-44(31(2)58-46(57-30)34-11-14-37(15-12-34)71-36-8-6-5-7-9-36)49(66)60-40(18-22-55-29-63)51(68)62(4)45-35-13-17-43(70-25-21-54)39(28-35)38-26-33(10-16-42(38)69-24-20-53)27-41(48(65)56-23-19-52)61-47(64)32(3)59-50(45)67/h10-17,26,28-29,32,36,40-41,45H,5-9,18,20-25,27,53-54H2,1-4H3,(H,55,63)(H,56,65)(H,59,67)(H,60,66)(H,61,64)/t32-,40?,41-,45-/m0/s1. The highest BCUT2D eigenvalue weighted by atomic mass is 16.5. The Labute approximate surface area is 413 Å². The number of carbonyl (C=O) groups excluding carboxylic acids is 6. The fourth-order valence-electron chi connectivity index (χ4n) is 8.71. The van der Waals surface area contributed by atoms with E-state index >= 15 is 0 Å². The predicted molar refractivity (Wildman–Crippen MR) is 263 cm³/mol. The van der Waals surface area contributed by atoms with E-state index in [1.807, 2.05) is 30.3 Å². The number of hydrogen-bond donors (Lipinski definition) is 7. The molecule has 6 rings (SSSR count). The third kappa shape index (κ3) is 13.6. The molecule has 3 aromatic carbocycles. The number of aryl methyl sites for hydroxylation is 2. The quantitative estimate of drug-likeness (QED) is 0.0404. The largest absolute Gasteiger partial charge is 0.492 e. The van der Waals surface area contributed by atoms with Gasteiger partial charge in [-0.2, -0.15) is 5.26 Å². The molecular weight excluding hydrogens is 911 g/mol. The second kappa shape index (κ2) is 25.3. The van der Waals surface area contributed by atoms with Gasteiger partial charge < -0.3 is 57.2 Å². The van der Waals surface area contributed by atoms with Crippen LogP contribution in [0.4, 0.5) is 0 Å². The van der Waals surface area contributed by atoms with Crippen molar-refractivity contribution in [2.24, 2.45) is 11.5 Å². The summed E-state index contributed by atoms with van der Waals surface area (Å²) in [6.07, 6.45) is 6.12. The minimum Gasteiger partial charge on any atom is -0.492 e. The van der Waals surface area contributed by atoms with Gasteiger partial charge in [0.15, 0.2) is 5.82 Å². The summed E-state index contributed by atoms with van der Waals surface area (Å²) in [5.41, 5.74) is 15.0. The smallest absolute Gasteiger partial charge is 0.255 e. The molecule has 20 nitrogen and oxygen atoms in total. The molecule has 6 amide bonds. The van der Waals surface area contributed by atoms with Crippen LogP contribution in [0.3, 0.4) is 0 Å². The van der Waals surface area contributed by atoms with E-state index in [0.29, 0.717) is 51.8 Å². The SMILES string of the molecule is Cc1nc(-c2ccc(OC3CCCCC3)cc2)nc(C)c1C(=O)NC(CCNC=O)C(=O)N(C)[C@@H]1C(=O)N[C@@H](C)C(=O)N[C@H](C(=O)NCC#N)Cc2ccc(OCCN)c(c2)-c2cc1ccc2OCCN. The molecule has 1 saturated carbocycles. The van der Waals surface area contributed by atoms with Crippen molar-refractivity contribution in [3.8, 4) is 45.8 Å². The Morgan fingerprint density at radius 1 is 0.901 bits per heavy atom. The van der Waals surface area contributed by atoms with Gasteiger partial charge in [-0.15, -0.1) is 0 Å². The van der Waals surface area contributed by atoms with Gasteiger partial charge in [-0.25, -0.2) is 9.97 Å². The van der Waals surface area contributed by atoms with Crippen LogP contribution in [0.2, 0.25) is 0 Å². The molecule has 4 bridgehead atoms. The van der Waals surface area contributed by atoms with E-state index < -0.39 is 53.7 Å². The molecule has 0 radical (unpaired) electrons. The molecule has 1 unspecified atom stereocenters. The molecule has 376 valence electrons. The molecular formula is C51H63N11O9. The first-order valence-electron chi connectivity index (χ1n) is 23.8. The molecule has 4 aromatic rings. The number of fused-ring (bicyclic) bond motifs is 5. The van der Waals surface area contributed by atoms with Crippen molar-refractivity contribution >= 4 is 35.9 Å². The van der Waals surface area contributed by atoms with Crippen molar-refractivity contribution in [3.05, 3.63) is 88.7 Å². The number of amides is 6. The summed E-state index contributed by atoms with van der Waals surface area (Å²) in [6.45, 7) is 5.01. The van der Waals surface area contributed by atoms with Crippen LogP contribution in [0, 0.1) is 25.2 Å². The van der Waals surface area contributed by atoms with Gasteiger partial charge in [0.25, 0.3) is 5.91 Å². The Balaban J connectivity index is 1.36. The maximum Gasteiger partial charge on any atom is 0.255 e. The summed E-state index contributed by atoms with van der Waals surface area (Å²) in [7, 11) is 1.39. The number of ether oxygens (including phenoxy) is 3. The van der Waals surface area contributed by atoms with Gasteiger partial charge in [0, 0.05) is 49.8 Å². The molecule has 71 heavy (non-hydrogen) atoms. The van der Waals surface area contributed by atoms with Gasteiger partial charge in [-0.1, -0.05) is 18.6 Å². The monoisotopic (exact) mass is 973 g/mol. The number of nitriles is 1. The van der Waals surface area contributed by atoms with Crippen molar-refractivity contribution in [3.63, 3.8) is 0 Å². The highest BCUT2D eigenvalue weighted by Gasteiger charge is 2.37. The van der Waals surface area contributed by atoms with Gasteiger partial charge in [0.2, 0.25) is 30.0 Å². The van der Waals surface area contributed by atoms with E-state index in [9.17, 15) is 34.0 Å². The number of carbonyl (C=O) groups is 6. The van der Waals surface area contributed by atoms with E-state index in [1.165, 1.54) is 20.4 Å². The molecule has 2 heterocycles. The van der Waals surface area contributed by atoms with Crippen LogP contribution in [0.5, 0.6) is 17.2 Å². The maximum absolute atomic E-state index is 14.9. The molecule has 1 aliphatic heterocycles. The number of rotatable bonds is 19. The lowest BCUT2D eigenvalue weighted by molar-refractivity contribution is -0.141. The lowest BCUT2D eigenvalue weighted by atomic mass is 9.93. The molecule has 1 aromatic heterocycles. The van der Waals surface area contributed by atoms with Crippen LogP contribution in [0.15, 0.2) is 60.7 Å². The number of nitrogens with one attached hydrogen (secondary N) is 5. The van der Waals surface area contributed by atoms with Gasteiger partial charge in [0.1, 0.15) is 61.2 Å². The molecule has 0 spiro atoms. The summed E-state index contributed by atoms with van der Waals surface area (Å²) in [6, 6.07) is 14.2. The minimum absolute atomic E-state index is 0.0162. The van der Waals surface area contributed by atoms with Crippen LogP contribution < -0.4 is 52.3 Å². The summed E-state index contributed by atoms with van der Waals surface area (Å²) in [5.74, 6) is -1.65. The van der Waals surface area contributed by atoms with Gasteiger partial charge in [-0.05, 0) is 113 Å². The van der Waals surface area contributed by atoms with Crippen molar-refractivity contribution in [1.82, 2.24) is 41.5 Å². The number of nitrogens with zero attached hydrogens (tertiary/aromatic N) is 4. The van der Waals surface area contributed by atoms with E-state index in [2.05, 4.69) is 36.6 Å². The van der Waals surface area contributed by atoms with E-state index in [-0.39, 0.29) is 69.5 Å².